The highest BCUT2D eigenvalue weighted by Crippen LogP contribution is 2.21. The molecule has 0 bridgehead atoms. The number of nitrogens with zero attached hydrogens (tertiary/aromatic N) is 1. The fourth-order valence-corrected chi connectivity index (χ4v) is 3.67. The van der Waals surface area contributed by atoms with Crippen LogP contribution in [-0.2, 0) is 6.61 Å². The Balaban J connectivity index is 1.33. The van der Waals surface area contributed by atoms with E-state index in [0.29, 0.717) is 12.2 Å². The van der Waals surface area contributed by atoms with Gasteiger partial charge in [-0.15, -0.1) is 11.3 Å². The normalized spacial score (nSPS) is 11.1. The zero-order valence-corrected chi connectivity index (χ0v) is 16.8. The molecular weight excluding hydrogens is 380 g/mol. The maximum absolute atomic E-state index is 12.2. The predicted octanol–water partition coefficient (Wildman–Crippen LogP) is 5.55. The van der Waals surface area contributed by atoms with Gasteiger partial charge in [-0.25, -0.2) is 5.43 Å². The lowest BCUT2D eigenvalue weighted by Crippen LogP contribution is -2.17. The van der Waals surface area contributed by atoms with Crippen molar-refractivity contribution in [1.82, 2.24) is 5.43 Å². The first kappa shape index (κ1) is 18.9. The number of benzene rings is 3. The second-order valence-corrected chi connectivity index (χ2v) is 7.96. The van der Waals surface area contributed by atoms with Gasteiger partial charge in [0, 0.05) is 15.3 Å². The second kappa shape index (κ2) is 8.71. The van der Waals surface area contributed by atoms with Crippen molar-refractivity contribution in [3.8, 4) is 5.75 Å². The van der Waals surface area contributed by atoms with Gasteiger partial charge in [0.1, 0.15) is 12.4 Å². The summed E-state index contributed by atoms with van der Waals surface area (Å²) in [5.74, 6) is 0.584. The minimum Gasteiger partial charge on any atom is -0.489 e. The molecule has 0 spiro atoms. The molecule has 0 saturated heterocycles. The molecule has 1 N–H and O–H groups in total. The number of nitrogens with one attached hydrogen (secondary N) is 1. The van der Waals surface area contributed by atoms with Crippen LogP contribution >= 0.6 is 11.3 Å². The number of fused-ring (bicyclic) bond motifs is 1. The van der Waals surface area contributed by atoms with Gasteiger partial charge in [-0.2, -0.15) is 5.10 Å². The number of hydrazone groups is 1. The lowest BCUT2D eigenvalue weighted by atomic mass is 10.1. The fraction of sp³-hybridized carbons (Fsp3) is 0.0833. The summed E-state index contributed by atoms with van der Waals surface area (Å²) in [7, 11) is 0. The number of amides is 1. The molecule has 1 aromatic heterocycles. The van der Waals surface area contributed by atoms with Crippen LogP contribution in [0.1, 0.15) is 25.7 Å². The number of hydrogen-bond donors (Lipinski definition) is 1. The smallest absolute Gasteiger partial charge is 0.271 e. The summed E-state index contributed by atoms with van der Waals surface area (Å²) < 4.78 is 5.89. The summed E-state index contributed by atoms with van der Waals surface area (Å²) in [4.78, 5) is 14.4. The van der Waals surface area contributed by atoms with Crippen molar-refractivity contribution >= 4 is 34.2 Å². The van der Waals surface area contributed by atoms with Gasteiger partial charge in [0.2, 0.25) is 0 Å². The quantitative estimate of drug-likeness (QED) is 0.341. The number of carbonyl (C=O) groups excluding carboxylic acids is 1. The van der Waals surface area contributed by atoms with Crippen LogP contribution in [-0.4, -0.2) is 12.1 Å². The number of aryl methyl sites for hydroxylation is 1. The SMILES string of the molecule is Cc1ccc(/C=N\NC(=O)c2ccc(COc3ccc4ccccc4c3)cc2)s1. The summed E-state index contributed by atoms with van der Waals surface area (Å²) in [5.41, 5.74) is 4.10. The molecule has 0 fully saturated rings. The van der Waals surface area contributed by atoms with Gasteiger partial charge in [0.15, 0.2) is 0 Å². The third-order valence-electron chi connectivity index (χ3n) is 4.46. The summed E-state index contributed by atoms with van der Waals surface area (Å²) in [6.45, 7) is 2.47. The van der Waals surface area contributed by atoms with Gasteiger partial charge in [-0.3, -0.25) is 4.79 Å². The maximum Gasteiger partial charge on any atom is 0.271 e. The summed E-state index contributed by atoms with van der Waals surface area (Å²) in [6.07, 6.45) is 1.65. The Kier molecular flexibility index (Phi) is 5.68. The minimum atomic E-state index is -0.239. The van der Waals surface area contributed by atoms with Crippen LogP contribution < -0.4 is 10.2 Å². The van der Waals surface area contributed by atoms with E-state index in [2.05, 4.69) is 28.7 Å². The monoisotopic (exact) mass is 400 g/mol. The van der Waals surface area contributed by atoms with Gasteiger partial charge in [-0.1, -0.05) is 42.5 Å². The van der Waals surface area contributed by atoms with E-state index in [1.54, 1.807) is 29.7 Å². The molecule has 0 aliphatic rings. The Bertz CT molecular complexity index is 1160. The zero-order chi connectivity index (χ0) is 20.1. The molecule has 4 aromatic rings. The molecule has 0 saturated carbocycles. The first-order valence-corrected chi connectivity index (χ1v) is 10.1. The van der Waals surface area contributed by atoms with E-state index in [1.165, 1.54) is 10.3 Å². The lowest BCUT2D eigenvalue weighted by molar-refractivity contribution is 0.0955. The molecule has 5 heteroatoms. The van der Waals surface area contributed by atoms with E-state index in [0.717, 1.165) is 21.6 Å². The largest absolute Gasteiger partial charge is 0.489 e. The lowest BCUT2D eigenvalue weighted by Gasteiger charge is -2.08. The number of carbonyl (C=O) groups is 1. The van der Waals surface area contributed by atoms with E-state index in [4.69, 9.17) is 4.74 Å². The van der Waals surface area contributed by atoms with E-state index in [1.807, 2.05) is 55.5 Å². The third kappa shape index (κ3) is 4.89. The van der Waals surface area contributed by atoms with Gasteiger partial charge >= 0.3 is 0 Å². The molecule has 3 aromatic carbocycles. The maximum atomic E-state index is 12.2. The molecule has 0 unspecified atom stereocenters. The second-order valence-electron chi connectivity index (χ2n) is 6.64. The number of thiophene rings is 1. The van der Waals surface area contributed by atoms with Crippen LogP contribution in [0.25, 0.3) is 10.8 Å². The van der Waals surface area contributed by atoms with Crippen molar-refractivity contribution < 1.29 is 9.53 Å². The highest BCUT2D eigenvalue weighted by molar-refractivity contribution is 7.13. The summed E-state index contributed by atoms with van der Waals surface area (Å²) in [5, 5.41) is 6.35. The molecule has 1 amide bonds. The van der Waals surface area contributed by atoms with E-state index in [-0.39, 0.29) is 5.91 Å². The minimum absolute atomic E-state index is 0.239. The highest BCUT2D eigenvalue weighted by atomic mass is 32.1. The molecule has 4 rings (SSSR count). The van der Waals surface area contributed by atoms with Crippen LogP contribution in [0.5, 0.6) is 5.75 Å². The third-order valence-corrected chi connectivity index (χ3v) is 5.40. The Morgan fingerprint density at radius 2 is 1.79 bits per heavy atom. The fourth-order valence-electron chi connectivity index (χ4n) is 2.92. The molecule has 1 heterocycles. The Morgan fingerprint density at radius 3 is 2.55 bits per heavy atom. The van der Waals surface area contributed by atoms with E-state index >= 15 is 0 Å². The van der Waals surface area contributed by atoms with Crippen molar-refractivity contribution in [3.63, 3.8) is 0 Å². The van der Waals surface area contributed by atoms with E-state index in [9.17, 15) is 4.79 Å². The predicted molar refractivity (Wildman–Crippen MR) is 119 cm³/mol. The summed E-state index contributed by atoms with van der Waals surface area (Å²) >= 11 is 1.63. The molecule has 144 valence electrons. The van der Waals surface area contributed by atoms with Gasteiger partial charge < -0.3 is 4.74 Å². The van der Waals surface area contributed by atoms with Gasteiger partial charge in [-0.05, 0) is 59.7 Å². The first-order chi connectivity index (χ1) is 14.2. The number of ether oxygens (including phenoxy) is 1. The van der Waals surface area contributed by atoms with Crippen LogP contribution in [0.2, 0.25) is 0 Å². The number of hydrogen-bond acceptors (Lipinski definition) is 4. The highest BCUT2D eigenvalue weighted by Gasteiger charge is 2.05. The molecular formula is C24H20N2O2S. The van der Waals surface area contributed by atoms with E-state index < -0.39 is 0 Å². The molecule has 0 atom stereocenters. The topological polar surface area (TPSA) is 50.7 Å². The first-order valence-electron chi connectivity index (χ1n) is 9.28. The van der Waals surface area contributed by atoms with Crippen molar-refractivity contribution in [3.05, 3.63) is 99.7 Å². The standard InChI is InChI=1S/C24H20N2O2S/c1-17-6-13-23(29-17)15-25-26-24(27)20-9-7-18(8-10-20)16-28-22-12-11-19-4-2-3-5-21(19)14-22/h2-15H,16H2,1H3,(H,26,27)/b25-15-. The Morgan fingerprint density at radius 1 is 1.00 bits per heavy atom. The average molecular weight is 401 g/mol. The van der Waals surface area contributed by atoms with Gasteiger partial charge in [0.25, 0.3) is 5.91 Å². The summed E-state index contributed by atoms with van der Waals surface area (Å²) in [6, 6.07) is 25.6. The Hall–Kier alpha value is -3.44. The number of rotatable bonds is 6. The average Bonchev–Trinajstić information content (AvgIpc) is 3.17. The molecule has 0 aliphatic heterocycles. The molecule has 4 nitrogen and oxygen atoms in total. The van der Waals surface area contributed by atoms with Crippen molar-refractivity contribution in [1.29, 1.82) is 0 Å². The van der Waals surface area contributed by atoms with Crippen molar-refractivity contribution in [2.75, 3.05) is 0 Å². The molecule has 29 heavy (non-hydrogen) atoms. The van der Waals surface area contributed by atoms with Crippen molar-refractivity contribution in [2.24, 2.45) is 5.10 Å². The van der Waals surface area contributed by atoms with Crippen molar-refractivity contribution in [2.45, 2.75) is 13.5 Å². The molecule has 0 radical (unpaired) electrons. The van der Waals surface area contributed by atoms with Gasteiger partial charge in [0.05, 0.1) is 6.21 Å². The van der Waals surface area contributed by atoms with Crippen LogP contribution in [0, 0.1) is 6.92 Å². The van der Waals surface area contributed by atoms with Crippen LogP contribution in [0.3, 0.4) is 0 Å². The van der Waals surface area contributed by atoms with Crippen LogP contribution in [0.15, 0.2) is 84.0 Å². The Labute approximate surface area is 173 Å². The van der Waals surface area contributed by atoms with Crippen LogP contribution in [0.4, 0.5) is 0 Å². The molecule has 0 aliphatic carbocycles. The zero-order valence-electron chi connectivity index (χ0n) is 16.0.